The van der Waals surface area contributed by atoms with E-state index in [2.05, 4.69) is 15.6 Å². The van der Waals surface area contributed by atoms with Crippen LogP contribution >= 0.6 is 11.3 Å². The Labute approximate surface area is 121 Å². The van der Waals surface area contributed by atoms with Crippen molar-refractivity contribution in [3.8, 4) is 0 Å². The van der Waals surface area contributed by atoms with Crippen molar-refractivity contribution < 1.29 is 19.4 Å². The number of methoxy groups -OCH3 is 1. The molecule has 8 heteroatoms. The van der Waals surface area contributed by atoms with Crippen LogP contribution in [0.25, 0.3) is 0 Å². The van der Waals surface area contributed by atoms with Gasteiger partial charge in [0.15, 0.2) is 5.69 Å². The van der Waals surface area contributed by atoms with Crippen LogP contribution in [0.1, 0.15) is 35.3 Å². The van der Waals surface area contributed by atoms with E-state index in [1.54, 1.807) is 7.11 Å². The molecule has 2 amide bonds. The maximum Gasteiger partial charge on any atom is 0.355 e. The van der Waals surface area contributed by atoms with Crippen LogP contribution in [0, 0.1) is 0 Å². The molecule has 1 unspecified atom stereocenters. The van der Waals surface area contributed by atoms with Gasteiger partial charge in [-0.05, 0) is 6.42 Å². The Morgan fingerprint density at radius 3 is 2.85 bits per heavy atom. The fourth-order valence-corrected chi connectivity index (χ4v) is 2.34. The number of carboxylic acid groups (broad SMARTS) is 1. The number of carbonyl (C=O) groups excluding carboxylic acids is 1. The number of aromatic carboxylic acids is 1. The molecule has 3 N–H and O–H groups in total. The lowest BCUT2D eigenvalue weighted by Crippen LogP contribution is -2.43. The van der Waals surface area contributed by atoms with Gasteiger partial charge in [-0.2, -0.15) is 0 Å². The number of carbonyl (C=O) groups is 2. The molecule has 1 aromatic heterocycles. The maximum atomic E-state index is 11.7. The summed E-state index contributed by atoms with van der Waals surface area (Å²) in [5.74, 6) is -1.07. The van der Waals surface area contributed by atoms with E-state index in [0.29, 0.717) is 11.6 Å². The van der Waals surface area contributed by atoms with Crippen molar-refractivity contribution >= 4 is 23.3 Å². The Morgan fingerprint density at radius 1 is 1.55 bits per heavy atom. The largest absolute Gasteiger partial charge is 0.476 e. The molecule has 0 aromatic carbocycles. The van der Waals surface area contributed by atoms with E-state index in [-0.39, 0.29) is 24.3 Å². The van der Waals surface area contributed by atoms with Gasteiger partial charge >= 0.3 is 12.0 Å². The highest BCUT2D eigenvalue weighted by atomic mass is 32.1. The van der Waals surface area contributed by atoms with Gasteiger partial charge in [0.05, 0.1) is 19.2 Å². The van der Waals surface area contributed by atoms with Gasteiger partial charge in [0.1, 0.15) is 5.01 Å². The topological polar surface area (TPSA) is 101 Å². The van der Waals surface area contributed by atoms with Crippen molar-refractivity contribution in [1.82, 2.24) is 15.6 Å². The van der Waals surface area contributed by atoms with Gasteiger partial charge in [-0.1, -0.05) is 13.3 Å². The first-order valence-corrected chi connectivity index (χ1v) is 7.15. The summed E-state index contributed by atoms with van der Waals surface area (Å²) in [6.45, 7) is 2.70. The minimum atomic E-state index is -1.07. The number of thiazole rings is 1. The zero-order chi connectivity index (χ0) is 15.0. The Hall–Kier alpha value is -1.67. The van der Waals surface area contributed by atoms with Gasteiger partial charge < -0.3 is 20.5 Å². The van der Waals surface area contributed by atoms with Crippen LogP contribution in [0.2, 0.25) is 0 Å². The first-order valence-electron chi connectivity index (χ1n) is 6.27. The van der Waals surface area contributed by atoms with E-state index in [4.69, 9.17) is 9.84 Å². The lowest BCUT2D eigenvalue weighted by molar-refractivity contribution is 0.0691. The normalized spacial score (nSPS) is 11.9. The molecule has 0 spiro atoms. The van der Waals surface area contributed by atoms with Crippen LogP contribution < -0.4 is 10.6 Å². The van der Waals surface area contributed by atoms with E-state index < -0.39 is 5.97 Å². The fourth-order valence-electron chi connectivity index (χ4n) is 1.63. The molecule has 0 saturated carbocycles. The number of hydrogen-bond donors (Lipinski definition) is 3. The van der Waals surface area contributed by atoms with Crippen molar-refractivity contribution in [2.24, 2.45) is 0 Å². The molecule has 0 saturated heterocycles. The van der Waals surface area contributed by atoms with Crippen LogP contribution in [0.3, 0.4) is 0 Å². The summed E-state index contributed by atoms with van der Waals surface area (Å²) >= 11 is 1.20. The number of ether oxygens (including phenoxy) is 1. The molecule has 0 aliphatic carbocycles. The summed E-state index contributed by atoms with van der Waals surface area (Å²) in [7, 11) is 1.59. The van der Waals surface area contributed by atoms with E-state index in [1.807, 2.05) is 6.92 Å². The Kier molecular flexibility index (Phi) is 6.96. The van der Waals surface area contributed by atoms with Gasteiger partial charge in [0, 0.05) is 12.5 Å². The number of nitrogens with zero attached hydrogens (tertiary/aromatic N) is 1. The molecule has 0 aliphatic heterocycles. The van der Waals surface area contributed by atoms with E-state index >= 15 is 0 Å². The second kappa shape index (κ2) is 8.49. The summed E-state index contributed by atoms with van der Waals surface area (Å²) in [5.41, 5.74) is -0.00421. The third-order valence-electron chi connectivity index (χ3n) is 2.51. The Morgan fingerprint density at radius 2 is 2.30 bits per heavy atom. The third-order valence-corrected chi connectivity index (χ3v) is 3.36. The molecule has 1 heterocycles. The predicted octanol–water partition coefficient (Wildman–Crippen LogP) is 1.46. The van der Waals surface area contributed by atoms with Crippen molar-refractivity contribution in [1.29, 1.82) is 0 Å². The first kappa shape index (κ1) is 16.4. The van der Waals surface area contributed by atoms with E-state index in [0.717, 1.165) is 12.8 Å². The summed E-state index contributed by atoms with van der Waals surface area (Å²) in [4.78, 5) is 26.3. The molecule has 0 fully saturated rings. The van der Waals surface area contributed by atoms with Gasteiger partial charge in [-0.3, -0.25) is 0 Å². The number of rotatable bonds is 8. The monoisotopic (exact) mass is 301 g/mol. The highest BCUT2D eigenvalue weighted by molar-refractivity contribution is 7.09. The summed E-state index contributed by atoms with van der Waals surface area (Å²) < 4.78 is 5.03. The van der Waals surface area contributed by atoms with Crippen molar-refractivity contribution in [2.45, 2.75) is 32.4 Å². The molecule has 0 radical (unpaired) electrons. The highest BCUT2D eigenvalue weighted by Crippen LogP contribution is 2.09. The molecule has 0 aliphatic rings. The number of hydrogen-bond acceptors (Lipinski definition) is 5. The van der Waals surface area contributed by atoms with Gasteiger partial charge in [-0.15, -0.1) is 11.3 Å². The second-order valence-electron chi connectivity index (χ2n) is 4.20. The fraction of sp³-hybridized carbons (Fsp3) is 0.583. The first-order chi connectivity index (χ1) is 9.56. The minimum Gasteiger partial charge on any atom is -0.476 e. The lowest BCUT2D eigenvalue weighted by Gasteiger charge is -2.17. The number of urea groups is 1. The molecule has 7 nitrogen and oxygen atoms in total. The number of aromatic nitrogens is 1. The smallest absolute Gasteiger partial charge is 0.355 e. The van der Waals surface area contributed by atoms with Gasteiger partial charge in [-0.25, -0.2) is 14.6 Å². The summed E-state index contributed by atoms with van der Waals surface area (Å²) in [6.07, 6.45) is 1.78. The maximum absolute atomic E-state index is 11.7. The highest BCUT2D eigenvalue weighted by Gasteiger charge is 2.12. The molecule has 1 aromatic rings. The average molecular weight is 301 g/mol. The number of nitrogens with one attached hydrogen (secondary N) is 2. The standard InChI is InChI=1S/C12H19N3O4S/c1-3-4-8(6-19-2)14-12(18)13-5-10-15-9(7-20-10)11(16)17/h7-8H,3-6H2,1-2H3,(H,16,17)(H2,13,14,18). The van der Waals surface area contributed by atoms with Crippen LogP contribution in [-0.4, -0.2) is 41.8 Å². The lowest BCUT2D eigenvalue weighted by atomic mass is 10.2. The van der Waals surface area contributed by atoms with Crippen LogP contribution in [-0.2, 0) is 11.3 Å². The minimum absolute atomic E-state index is 0.00421. The zero-order valence-corrected chi connectivity index (χ0v) is 12.3. The van der Waals surface area contributed by atoms with Crippen molar-refractivity contribution in [3.05, 3.63) is 16.1 Å². The number of amides is 2. The van der Waals surface area contributed by atoms with Gasteiger partial charge in [0.2, 0.25) is 0 Å². The summed E-state index contributed by atoms with van der Waals surface area (Å²) in [5, 5.41) is 16.2. The Balaban J connectivity index is 2.39. The molecule has 1 atom stereocenters. The summed E-state index contributed by atoms with van der Waals surface area (Å²) in [6, 6.07) is -0.344. The van der Waals surface area contributed by atoms with E-state index in [9.17, 15) is 9.59 Å². The molecular weight excluding hydrogens is 282 g/mol. The molecule has 1 rings (SSSR count). The van der Waals surface area contributed by atoms with E-state index in [1.165, 1.54) is 16.7 Å². The molecule has 20 heavy (non-hydrogen) atoms. The van der Waals surface area contributed by atoms with Crippen LogP contribution in [0.4, 0.5) is 4.79 Å². The molecule has 112 valence electrons. The Bertz CT molecular complexity index is 444. The third kappa shape index (κ3) is 5.54. The average Bonchev–Trinajstić information content (AvgIpc) is 2.86. The second-order valence-corrected chi connectivity index (χ2v) is 5.14. The SMILES string of the molecule is CCCC(COC)NC(=O)NCc1nc(C(=O)O)cs1. The van der Waals surface area contributed by atoms with Crippen LogP contribution in [0.5, 0.6) is 0 Å². The predicted molar refractivity (Wildman–Crippen MR) is 75.0 cm³/mol. The quantitative estimate of drug-likeness (QED) is 0.675. The van der Waals surface area contributed by atoms with Crippen molar-refractivity contribution in [2.75, 3.05) is 13.7 Å². The molecular formula is C12H19N3O4S. The van der Waals surface area contributed by atoms with Crippen LogP contribution in [0.15, 0.2) is 5.38 Å². The number of carboxylic acids is 1. The van der Waals surface area contributed by atoms with Crippen molar-refractivity contribution in [3.63, 3.8) is 0 Å². The van der Waals surface area contributed by atoms with Gasteiger partial charge in [0.25, 0.3) is 0 Å². The molecule has 0 bridgehead atoms. The zero-order valence-electron chi connectivity index (χ0n) is 11.5.